The summed E-state index contributed by atoms with van der Waals surface area (Å²) in [6.07, 6.45) is 1.42. The molecule has 0 bridgehead atoms. The fourth-order valence-electron chi connectivity index (χ4n) is 2.72. The number of para-hydroxylation sites is 1. The lowest BCUT2D eigenvalue weighted by Gasteiger charge is -2.04. The Bertz CT molecular complexity index is 1000. The molecule has 0 saturated carbocycles. The van der Waals surface area contributed by atoms with Gasteiger partial charge < -0.3 is 9.67 Å². The van der Waals surface area contributed by atoms with Crippen molar-refractivity contribution in [1.82, 2.24) is 4.57 Å². The third-order valence-electron chi connectivity index (χ3n) is 3.87. The quantitative estimate of drug-likeness (QED) is 0.772. The molecule has 6 heteroatoms. The van der Waals surface area contributed by atoms with E-state index >= 15 is 0 Å². The van der Waals surface area contributed by atoms with Crippen LogP contribution in [0.15, 0.2) is 59.6 Å². The summed E-state index contributed by atoms with van der Waals surface area (Å²) >= 11 is 0. The summed E-state index contributed by atoms with van der Waals surface area (Å²) in [5.41, 5.74) is 2.37. The second-order valence-electron chi connectivity index (χ2n) is 5.78. The molecule has 0 aliphatic carbocycles. The monoisotopic (exact) mass is 343 g/mol. The molecule has 0 atom stereocenters. The number of aliphatic carboxylic acids is 1. The molecule has 0 spiro atoms. The highest BCUT2D eigenvalue weighted by Gasteiger charge is 2.22. The van der Waals surface area contributed by atoms with Crippen LogP contribution in [0.4, 0.5) is 0 Å². The van der Waals surface area contributed by atoms with Crippen LogP contribution in [0.2, 0.25) is 0 Å². The number of aryl methyl sites for hydroxylation is 1. The highest BCUT2D eigenvalue weighted by Crippen LogP contribution is 2.28. The van der Waals surface area contributed by atoms with E-state index in [1.807, 2.05) is 19.1 Å². The summed E-state index contributed by atoms with van der Waals surface area (Å²) in [6.45, 7) is 1.67. The number of benzene rings is 2. The molecule has 0 amide bonds. The zero-order chi connectivity index (χ0) is 17.3. The van der Waals surface area contributed by atoms with E-state index in [-0.39, 0.29) is 17.2 Å². The van der Waals surface area contributed by atoms with E-state index in [0.717, 1.165) is 5.56 Å². The topological polar surface area (TPSA) is 76.4 Å². The van der Waals surface area contributed by atoms with E-state index in [9.17, 15) is 13.2 Å². The summed E-state index contributed by atoms with van der Waals surface area (Å²) in [6, 6.07) is 14.3. The van der Waals surface area contributed by atoms with Gasteiger partial charge in [0, 0.05) is 17.1 Å². The van der Waals surface area contributed by atoms with Gasteiger partial charge in [-0.3, -0.25) is 4.79 Å². The Labute approximate surface area is 140 Å². The van der Waals surface area contributed by atoms with Gasteiger partial charge in [-0.2, -0.15) is 0 Å². The molecule has 5 nitrogen and oxygen atoms in total. The second kappa shape index (κ2) is 6.13. The van der Waals surface area contributed by atoms with Crippen molar-refractivity contribution < 1.29 is 18.3 Å². The molecule has 1 aromatic heterocycles. The van der Waals surface area contributed by atoms with Crippen molar-refractivity contribution in [1.29, 1.82) is 0 Å². The van der Waals surface area contributed by atoms with E-state index < -0.39 is 15.8 Å². The summed E-state index contributed by atoms with van der Waals surface area (Å²) in [5.74, 6) is -1.13. The van der Waals surface area contributed by atoms with Gasteiger partial charge in [-0.15, -0.1) is 0 Å². The van der Waals surface area contributed by atoms with E-state index in [4.69, 9.17) is 5.11 Å². The summed E-state index contributed by atoms with van der Waals surface area (Å²) < 4.78 is 27.1. The number of carboxylic acid groups (broad SMARTS) is 1. The molecule has 0 fully saturated rings. The van der Waals surface area contributed by atoms with Gasteiger partial charge in [-0.25, -0.2) is 8.42 Å². The van der Waals surface area contributed by atoms with Crippen LogP contribution < -0.4 is 0 Å². The molecule has 0 aliphatic rings. The number of nitrogens with zero attached hydrogens (tertiary/aromatic N) is 1. The number of hydrogen-bond acceptors (Lipinski definition) is 3. The van der Waals surface area contributed by atoms with Crippen molar-refractivity contribution >= 4 is 26.7 Å². The number of fused-ring (bicyclic) bond motifs is 1. The van der Waals surface area contributed by atoms with Crippen LogP contribution in [0, 0.1) is 6.92 Å². The normalized spacial score (nSPS) is 11.7. The van der Waals surface area contributed by atoms with Gasteiger partial charge in [-0.1, -0.05) is 48.0 Å². The highest BCUT2D eigenvalue weighted by molar-refractivity contribution is 7.90. The van der Waals surface area contributed by atoms with Crippen LogP contribution in [0.3, 0.4) is 0 Å². The molecule has 0 aliphatic heterocycles. The number of sulfone groups is 1. The van der Waals surface area contributed by atoms with Crippen LogP contribution in [0.25, 0.3) is 10.9 Å². The van der Waals surface area contributed by atoms with E-state index in [2.05, 4.69) is 0 Å². The molecular formula is C18H17NO4S. The van der Waals surface area contributed by atoms with Crippen molar-refractivity contribution in [2.75, 3.05) is 0 Å². The molecule has 24 heavy (non-hydrogen) atoms. The van der Waals surface area contributed by atoms with Gasteiger partial charge in [0.25, 0.3) is 0 Å². The van der Waals surface area contributed by atoms with Crippen molar-refractivity contribution in [3.63, 3.8) is 0 Å². The Morgan fingerprint density at radius 1 is 1.08 bits per heavy atom. The zero-order valence-electron chi connectivity index (χ0n) is 13.1. The van der Waals surface area contributed by atoms with Crippen molar-refractivity contribution in [2.24, 2.45) is 0 Å². The first-order chi connectivity index (χ1) is 11.4. The highest BCUT2D eigenvalue weighted by atomic mass is 32.2. The van der Waals surface area contributed by atoms with Crippen LogP contribution >= 0.6 is 0 Å². The Balaban J connectivity index is 2.07. The Kier molecular flexibility index (Phi) is 4.15. The molecule has 1 heterocycles. The predicted molar refractivity (Wildman–Crippen MR) is 91.6 cm³/mol. The minimum Gasteiger partial charge on any atom is -0.480 e. The minimum atomic E-state index is -3.58. The maximum atomic E-state index is 12.8. The molecule has 1 N–H and O–H groups in total. The Hall–Kier alpha value is -2.60. The zero-order valence-corrected chi connectivity index (χ0v) is 14.0. The molecule has 2 aromatic carbocycles. The SMILES string of the molecule is Cc1ccc(CS(=O)(=O)c2cn(CC(=O)O)c3ccccc23)cc1. The van der Waals surface area contributed by atoms with Crippen LogP contribution in [-0.2, 0) is 26.9 Å². The first kappa shape index (κ1) is 16.3. The first-order valence-corrected chi connectivity index (χ1v) is 9.10. The first-order valence-electron chi connectivity index (χ1n) is 7.45. The van der Waals surface area contributed by atoms with Gasteiger partial charge in [0.1, 0.15) is 6.54 Å². The standard InChI is InChI=1S/C18H17NO4S/c1-13-6-8-14(9-7-13)12-24(22,23)17-10-19(11-18(20)21)16-5-3-2-4-15(16)17/h2-10H,11-12H2,1H3,(H,20,21). The van der Waals surface area contributed by atoms with E-state index in [1.165, 1.54) is 10.8 Å². The van der Waals surface area contributed by atoms with Gasteiger partial charge >= 0.3 is 5.97 Å². The van der Waals surface area contributed by atoms with Gasteiger partial charge in [-0.05, 0) is 18.6 Å². The van der Waals surface area contributed by atoms with Crippen LogP contribution in [0.5, 0.6) is 0 Å². The maximum absolute atomic E-state index is 12.8. The predicted octanol–water partition coefficient (Wildman–Crippen LogP) is 3.01. The Morgan fingerprint density at radius 2 is 1.75 bits per heavy atom. The van der Waals surface area contributed by atoms with Crippen molar-refractivity contribution in [2.45, 2.75) is 24.1 Å². The van der Waals surface area contributed by atoms with Crippen LogP contribution in [0.1, 0.15) is 11.1 Å². The second-order valence-corrected chi connectivity index (χ2v) is 7.73. The lowest BCUT2D eigenvalue weighted by molar-refractivity contribution is -0.137. The number of hydrogen-bond donors (Lipinski definition) is 1. The number of aromatic nitrogens is 1. The molecule has 3 aromatic rings. The third kappa shape index (κ3) is 3.19. The number of carboxylic acids is 1. The average molecular weight is 343 g/mol. The smallest absolute Gasteiger partial charge is 0.323 e. The fraction of sp³-hybridized carbons (Fsp3) is 0.167. The number of rotatable bonds is 5. The third-order valence-corrected chi connectivity index (χ3v) is 5.58. The fourth-order valence-corrected chi connectivity index (χ4v) is 4.30. The van der Waals surface area contributed by atoms with Gasteiger partial charge in [0.05, 0.1) is 10.6 Å². The van der Waals surface area contributed by atoms with Crippen molar-refractivity contribution in [3.05, 3.63) is 65.9 Å². The van der Waals surface area contributed by atoms with Gasteiger partial charge in [0.2, 0.25) is 0 Å². The summed E-state index contributed by atoms with van der Waals surface area (Å²) in [5, 5.41) is 9.58. The Morgan fingerprint density at radius 3 is 2.42 bits per heavy atom. The van der Waals surface area contributed by atoms with Crippen molar-refractivity contribution in [3.8, 4) is 0 Å². The molecular weight excluding hydrogens is 326 g/mol. The summed E-state index contributed by atoms with van der Waals surface area (Å²) in [4.78, 5) is 11.2. The largest absolute Gasteiger partial charge is 0.480 e. The van der Waals surface area contributed by atoms with Gasteiger partial charge in [0.15, 0.2) is 9.84 Å². The van der Waals surface area contributed by atoms with Crippen LogP contribution in [-0.4, -0.2) is 24.1 Å². The average Bonchev–Trinajstić information content (AvgIpc) is 2.89. The molecule has 0 radical (unpaired) electrons. The molecule has 3 rings (SSSR count). The molecule has 124 valence electrons. The lowest BCUT2D eigenvalue weighted by Crippen LogP contribution is -2.08. The molecule has 0 saturated heterocycles. The number of carbonyl (C=O) groups is 1. The lowest BCUT2D eigenvalue weighted by atomic mass is 10.2. The van der Waals surface area contributed by atoms with E-state index in [1.54, 1.807) is 36.4 Å². The minimum absolute atomic E-state index is 0.117. The maximum Gasteiger partial charge on any atom is 0.323 e. The van der Waals surface area contributed by atoms with E-state index in [0.29, 0.717) is 16.5 Å². The molecule has 0 unspecified atom stereocenters. The summed E-state index contributed by atoms with van der Waals surface area (Å²) in [7, 11) is -3.58.